The van der Waals surface area contributed by atoms with Crippen molar-refractivity contribution in [1.82, 2.24) is 19.4 Å². The predicted molar refractivity (Wildman–Crippen MR) is 73.9 cm³/mol. The van der Waals surface area contributed by atoms with Gasteiger partial charge in [0.05, 0.1) is 13.2 Å². The molecule has 0 aliphatic carbocycles. The first kappa shape index (κ1) is 11.1. The van der Waals surface area contributed by atoms with Crippen LogP contribution in [-0.4, -0.2) is 45.7 Å². The van der Waals surface area contributed by atoms with Gasteiger partial charge in [0.15, 0.2) is 16.4 Å². The second-order valence-electron chi connectivity index (χ2n) is 4.58. The van der Waals surface area contributed by atoms with Gasteiger partial charge in [0.25, 0.3) is 0 Å². The molecule has 1 fully saturated rings. The summed E-state index contributed by atoms with van der Waals surface area (Å²) in [5.41, 5.74) is 2.96. The Morgan fingerprint density at radius 2 is 2.11 bits per heavy atom. The predicted octanol–water partition coefficient (Wildman–Crippen LogP) is 1.48. The van der Waals surface area contributed by atoms with Gasteiger partial charge in [-0.1, -0.05) is 0 Å². The minimum atomic E-state index is 0.746. The van der Waals surface area contributed by atoms with Crippen LogP contribution in [-0.2, 0) is 4.74 Å². The number of aromatic nitrogens is 4. The molecular weight excluding hydrogens is 262 g/mol. The van der Waals surface area contributed by atoms with Crippen molar-refractivity contribution in [1.29, 1.82) is 0 Å². The van der Waals surface area contributed by atoms with Crippen LogP contribution in [0.4, 0.5) is 5.82 Å². The van der Waals surface area contributed by atoms with Gasteiger partial charge in [-0.15, -0.1) is 11.3 Å². The van der Waals surface area contributed by atoms with E-state index < -0.39 is 0 Å². The number of imidazole rings is 1. The molecule has 19 heavy (non-hydrogen) atoms. The van der Waals surface area contributed by atoms with E-state index in [1.807, 2.05) is 0 Å². The highest BCUT2D eigenvalue weighted by molar-refractivity contribution is 7.15. The summed E-state index contributed by atoms with van der Waals surface area (Å²) >= 11 is 1.64. The fraction of sp³-hybridized carbons (Fsp3) is 0.417. The monoisotopic (exact) mass is 275 g/mol. The van der Waals surface area contributed by atoms with Crippen LogP contribution >= 0.6 is 11.3 Å². The summed E-state index contributed by atoms with van der Waals surface area (Å²) in [4.78, 5) is 16.6. The number of morpholine rings is 1. The topological polar surface area (TPSA) is 55.5 Å². The molecule has 1 saturated heterocycles. The van der Waals surface area contributed by atoms with E-state index >= 15 is 0 Å². The first-order chi connectivity index (χ1) is 9.34. The summed E-state index contributed by atoms with van der Waals surface area (Å²) in [6, 6.07) is 0. The highest BCUT2D eigenvalue weighted by atomic mass is 32.1. The standard InChI is InChI=1S/C12H13N5OS/c1-8-6-19-12-15-10-9(17(8)12)11(14-7-13-10)16-2-4-18-5-3-16/h6-7H,2-5H2,1H3. The van der Waals surface area contributed by atoms with Crippen LogP contribution in [0, 0.1) is 6.92 Å². The van der Waals surface area contributed by atoms with E-state index in [0.29, 0.717) is 0 Å². The molecule has 3 aromatic rings. The molecule has 0 radical (unpaired) electrons. The average molecular weight is 275 g/mol. The van der Waals surface area contributed by atoms with Crippen molar-refractivity contribution in [2.24, 2.45) is 0 Å². The number of aryl methyl sites for hydroxylation is 1. The van der Waals surface area contributed by atoms with Crippen molar-refractivity contribution in [3.05, 3.63) is 17.4 Å². The molecule has 7 heteroatoms. The Morgan fingerprint density at radius 3 is 2.95 bits per heavy atom. The normalized spacial score (nSPS) is 16.6. The van der Waals surface area contributed by atoms with Crippen LogP contribution in [0.3, 0.4) is 0 Å². The second-order valence-corrected chi connectivity index (χ2v) is 5.41. The third-order valence-electron chi connectivity index (χ3n) is 3.40. The lowest BCUT2D eigenvalue weighted by molar-refractivity contribution is 0.122. The van der Waals surface area contributed by atoms with E-state index in [9.17, 15) is 0 Å². The first-order valence-electron chi connectivity index (χ1n) is 6.24. The number of hydrogen-bond acceptors (Lipinski definition) is 6. The van der Waals surface area contributed by atoms with Crippen molar-refractivity contribution in [3.63, 3.8) is 0 Å². The molecule has 98 valence electrons. The molecule has 0 unspecified atom stereocenters. The molecule has 0 N–H and O–H groups in total. The van der Waals surface area contributed by atoms with E-state index in [1.54, 1.807) is 17.7 Å². The Kier molecular flexibility index (Phi) is 2.42. The molecule has 0 saturated carbocycles. The number of rotatable bonds is 1. The largest absolute Gasteiger partial charge is 0.378 e. The molecule has 3 aromatic heterocycles. The molecule has 4 rings (SSSR count). The first-order valence-corrected chi connectivity index (χ1v) is 7.12. The van der Waals surface area contributed by atoms with Crippen LogP contribution in [0.1, 0.15) is 5.69 Å². The molecule has 0 amide bonds. The zero-order valence-corrected chi connectivity index (χ0v) is 11.4. The van der Waals surface area contributed by atoms with E-state index in [2.05, 4.69) is 36.6 Å². The lowest BCUT2D eigenvalue weighted by Gasteiger charge is -2.27. The molecule has 4 heterocycles. The smallest absolute Gasteiger partial charge is 0.196 e. The van der Waals surface area contributed by atoms with Gasteiger partial charge >= 0.3 is 0 Å². The Hall–Kier alpha value is -1.73. The van der Waals surface area contributed by atoms with E-state index in [4.69, 9.17) is 4.74 Å². The summed E-state index contributed by atoms with van der Waals surface area (Å²) in [5.74, 6) is 0.960. The Balaban J connectivity index is 2.00. The van der Waals surface area contributed by atoms with Crippen LogP contribution in [0.15, 0.2) is 11.7 Å². The fourth-order valence-electron chi connectivity index (χ4n) is 2.48. The molecule has 0 aromatic carbocycles. The van der Waals surface area contributed by atoms with Gasteiger partial charge in [-0.3, -0.25) is 4.40 Å². The summed E-state index contributed by atoms with van der Waals surface area (Å²) in [5, 5.41) is 2.11. The zero-order valence-electron chi connectivity index (χ0n) is 10.5. The molecule has 0 atom stereocenters. The average Bonchev–Trinajstić information content (AvgIpc) is 2.99. The van der Waals surface area contributed by atoms with E-state index in [1.165, 1.54) is 5.69 Å². The van der Waals surface area contributed by atoms with Gasteiger partial charge in [-0.2, -0.15) is 4.98 Å². The van der Waals surface area contributed by atoms with Crippen molar-refractivity contribution in [3.8, 4) is 0 Å². The summed E-state index contributed by atoms with van der Waals surface area (Å²) in [6.45, 7) is 5.30. The quantitative estimate of drug-likeness (QED) is 0.673. The Bertz CT molecular complexity index is 743. The summed E-state index contributed by atoms with van der Waals surface area (Å²) in [7, 11) is 0. The highest BCUT2D eigenvalue weighted by Gasteiger charge is 2.20. The minimum absolute atomic E-state index is 0.746. The van der Waals surface area contributed by atoms with Crippen molar-refractivity contribution >= 4 is 33.3 Å². The van der Waals surface area contributed by atoms with Crippen molar-refractivity contribution in [2.75, 3.05) is 31.2 Å². The van der Waals surface area contributed by atoms with Gasteiger partial charge < -0.3 is 9.64 Å². The number of ether oxygens (including phenoxy) is 1. The van der Waals surface area contributed by atoms with Crippen molar-refractivity contribution in [2.45, 2.75) is 6.92 Å². The van der Waals surface area contributed by atoms with Crippen LogP contribution in [0.2, 0.25) is 0 Å². The minimum Gasteiger partial charge on any atom is -0.378 e. The molecule has 6 nitrogen and oxygen atoms in total. The zero-order chi connectivity index (χ0) is 12.8. The Labute approximate surface area is 113 Å². The number of fused-ring (bicyclic) bond motifs is 3. The van der Waals surface area contributed by atoms with Gasteiger partial charge in [0, 0.05) is 24.2 Å². The third kappa shape index (κ3) is 1.62. The lowest BCUT2D eigenvalue weighted by atomic mass is 10.3. The Morgan fingerprint density at radius 1 is 1.26 bits per heavy atom. The number of nitrogens with zero attached hydrogens (tertiary/aromatic N) is 5. The second kappa shape index (κ2) is 4.14. The molecule has 1 aliphatic heterocycles. The molecule has 0 bridgehead atoms. The summed E-state index contributed by atoms with van der Waals surface area (Å²) in [6.07, 6.45) is 1.60. The van der Waals surface area contributed by atoms with Crippen LogP contribution in [0.25, 0.3) is 16.1 Å². The SMILES string of the molecule is Cc1csc2nc3ncnc(N4CCOCC4)c3n12. The number of hydrogen-bond donors (Lipinski definition) is 0. The van der Waals surface area contributed by atoms with E-state index in [-0.39, 0.29) is 0 Å². The maximum Gasteiger partial charge on any atom is 0.196 e. The van der Waals surface area contributed by atoms with Gasteiger partial charge in [-0.25, -0.2) is 9.97 Å². The van der Waals surface area contributed by atoms with Crippen molar-refractivity contribution < 1.29 is 4.74 Å². The third-order valence-corrected chi connectivity index (χ3v) is 4.34. The number of anilines is 1. The van der Waals surface area contributed by atoms with Gasteiger partial charge in [-0.05, 0) is 6.92 Å². The molecular formula is C12H13N5OS. The fourth-order valence-corrected chi connectivity index (χ4v) is 3.34. The van der Waals surface area contributed by atoms with Gasteiger partial charge in [0.2, 0.25) is 0 Å². The maximum atomic E-state index is 5.41. The molecule has 1 aliphatic rings. The van der Waals surface area contributed by atoms with Gasteiger partial charge in [0.1, 0.15) is 11.8 Å². The van der Waals surface area contributed by atoms with Crippen LogP contribution in [0.5, 0.6) is 0 Å². The molecule has 0 spiro atoms. The lowest BCUT2D eigenvalue weighted by Crippen LogP contribution is -2.37. The van der Waals surface area contributed by atoms with Crippen LogP contribution < -0.4 is 4.90 Å². The maximum absolute atomic E-state index is 5.41. The summed E-state index contributed by atoms with van der Waals surface area (Å²) < 4.78 is 7.55. The highest BCUT2D eigenvalue weighted by Crippen LogP contribution is 2.28. The number of thiazole rings is 1. The van der Waals surface area contributed by atoms with E-state index in [0.717, 1.165) is 48.2 Å².